The number of nitrogens with one attached hydrogen (secondary N) is 1. The van der Waals surface area contributed by atoms with E-state index in [1.165, 1.54) is 12.5 Å². The van der Waals surface area contributed by atoms with Gasteiger partial charge < -0.3 is 9.55 Å². The van der Waals surface area contributed by atoms with E-state index < -0.39 is 5.82 Å². The molecule has 3 rings (SSSR count). The Morgan fingerprint density at radius 1 is 1.47 bits per heavy atom. The molecule has 1 aliphatic carbocycles. The molecule has 0 radical (unpaired) electrons. The Bertz CT molecular complexity index is 654. The number of H-pyrrole nitrogens is 1. The minimum absolute atomic E-state index is 0.0234. The maximum atomic E-state index is 13.6. The number of rotatable bonds is 1. The van der Waals surface area contributed by atoms with Crippen molar-refractivity contribution in [1.82, 2.24) is 9.55 Å². The van der Waals surface area contributed by atoms with Gasteiger partial charge in [-0.25, -0.2) is 4.39 Å². The highest BCUT2D eigenvalue weighted by molar-refractivity contribution is 7.71. The fourth-order valence-electron chi connectivity index (χ4n) is 2.55. The molecule has 1 aromatic heterocycles. The van der Waals surface area contributed by atoms with E-state index in [4.69, 9.17) is 23.8 Å². The maximum Gasteiger partial charge on any atom is 0.178 e. The number of hydrogen-bond acceptors (Lipinski definition) is 1. The fourth-order valence-corrected chi connectivity index (χ4v) is 3.14. The van der Waals surface area contributed by atoms with Crippen LogP contribution < -0.4 is 0 Å². The molecule has 17 heavy (non-hydrogen) atoms. The second-order valence-electron chi connectivity index (χ2n) is 4.90. The third kappa shape index (κ3) is 1.54. The molecular formula is C12H12ClFN2S. The summed E-state index contributed by atoms with van der Waals surface area (Å²) in [6.07, 6.45) is 3.36. The van der Waals surface area contributed by atoms with E-state index in [2.05, 4.69) is 11.9 Å². The number of hydrogen-bond donors (Lipinski definition) is 1. The van der Waals surface area contributed by atoms with Crippen molar-refractivity contribution in [2.24, 2.45) is 0 Å². The lowest BCUT2D eigenvalue weighted by Gasteiger charge is -2.40. The van der Waals surface area contributed by atoms with Gasteiger partial charge in [0.2, 0.25) is 0 Å². The van der Waals surface area contributed by atoms with Gasteiger partial charge in [0.25, 0.3) is 0 Å². The molecule has 0 atom stereocenters. The van der Waals surface area contributed by atoms with Crippen molar-refractivity contribution in [2.45, 2.75) is 31.7 Å². The number of imidazole rings is 1. The van der Waals surface area contributed by atoms with Crippen molar-refractivity contribution in [3.05, 3.63) is 27.7 Å². The van der Waals surface area contributed by atoms with Crippen molar-refractivity contribution in [2.75, 3.05) is 0 Å². The molecule has 5 heteroatoms. The van der Waals surface area contributed by atoms with E-state index in [9.17, 15) is 4.39 Å². The first kappa shape index (κ1) is 11.2. The molecule has 0 aliphatic heterocycles. The summed E-state index contributed by atoms with van der Waals surface area (Å²) in [5.74, 6) is -0.398. The van der Waals surface area contributed by atoms with Crippen LogP contribution in [0.15, 0.2) is 12.1 Å². The largest absolute Gasteiger partial charge is 0.331 e. The van der Waals surface area contributed by atoms with Gasteiger partial charge in [-0.1, -0.05) is 11.6 Å². The lowest BCUT2D eigenvalue weighted by atomic mass is 9.78. The Kier molecular flexibility index (Phi) is 2.35. The third-order valence-corrected chi connectivity index (χ3v) is 4.27. The maximum absolute atomic E-state index is 13.6. The molecule has 1 heterocycles. The molecule has 1 saturated carbocycles. The second-order valence-corrected chi connectivity index (χ2v) is 5.69. The Hall–Kier alpha value is -0.870. The number of nitrogens with zero attached hydrogens (tertiary/aromatic N) is 1. The predicted molar refractivity (Wildman–Crippen MR) is 69.6 cm³/mol. The number of fused-ring (bicyclic) bond motifs is 1. The van der Waals surface area contributed by atoms with Gasteiger partial charge in [-0.2, -0.15) is 0 Å². The summed E-state index contributed by atoms with van der Waals surface area (Å²) < 4.78 is 16.2. The summed E-state index contributed by atoms with van der Waals surface area (Å²) in [5.41, 5.74) is 1.63. The Balaban J connectivity index is 2.34. The highest BCUT2D eigenvalue weighted by atomic mass is 35.5. The molecule has 0 spiro atoms. The summed E-state index contributed by atoms with van der Waals surface area (Å²) in [5, 5.41) is 0.125. The molecule has 1 fully saturated rings. The zero-order valence-corrected chi connectivity index (χ0v) is 11.0. The van der Waals surface area contributed by atoms with Crippen LogP contribution in [0.25, 0.3) is 11.0 Å². The Labute approximate surface area is 108 Å². The monoisotopic (exact) mass is 270 g/mol. The van der Waals surface area contributed by atoms with Gasteiger partial charge in [0.1, 0.15) is 5.82 Å². The highest BCUT2D eigenvalue weighted by Crippen LogP contribution is 2.41. The van der Waals surface area contributed by atoms with E-state index in [1.54, 1.807) is 6.07 Å². The zero-order chi connectivity index (χ0) is 12.2. The smallest absolute Gasteiger partial charge is 0.178 e. The van der Waals surface area contributed by atoms with Gasteiger partial charge >= 0.3 is 0 Å². The van der Waals surface area contributed by atoms with Gasteiger partial charge in [0, 0.05) is 11.6 Å². The minimum atomic E-state index is -0.398. The molecule has 1 aromatic carbocycles. The average molecular weight is 271 g/mol. The standard InChI is InChI=1S/C12H12ClFN2S/c1-12(3-2-4-12)16-10-6-8(14)7(13)5-9(10)15-11(16)17/h5-6H,2-4H2,1H3,(H,15,17). The van der Waals surface area contributed by atoms with E-state index >= 15 is 0 Å². The van der Waals surface area contributed by atoms with E-state index in [0.29, 0.717) is 4.77 Å². The van der Waals surface area contributed by atoms with Gasteiger partial charge in [0.05, 0.1) is 16.1 Å². The SMILES string of the molecule is CC1(n2c(=S)[nH]c3cc(Cl)c(F)cc32)CCC1. The van der Waals surface area contributed by atoms with Crippen molar-refractivity contribution in [3.8, 4) is 0 Å². The topological polar surface area (TPSA) is 20.7 Å². The van der Waals surface area contributed by atoms with Crippen LogP contribution in [-0.2, 0) is 5.54 Å². The lowest BCUT2D eigenvalue weighted by molar-refractivity contribution is 0.172. The normalized spacial score (nSPS) is 18.3. The van der Waals surface area contributed by atoms with Gasteiger partial charge in [-0.3, -0.25) is 0 Å². The first-order valence-corrected chi connectivity index (χ1v) is 6.40. The van der Waals surface area contributed by atoms with E-state index in [-0.39, 0.29) is 10.6 Å². The average Bonchev–Trinajstić information content (AvgIpc) is 2.52. The van der Waals surface area contributed by atoms with Gasteiger partial charge in [-0.05, 0) is 44.5 Å². The van der Waals surface area contributed by atoms with E-state index in [1.807, 2.05) is 4.57 Å². The Morgan fingerprint density at radius 3 is 2.76 bits per heavy atom. The molecule has 0 amide bonds. The summed E-state index contributed by atoms with van der Waals surface area (Å²) in [4.78, 5) is 3.10. The quantitative estimate of drug-likeness (QED) is 0.762. The van der Waals surface area contributed by atoms with Crippen molar-refractivity contribution in [3.63, 3.8) is 0 Å². The number of benzene rings is 1. The second kappa shape index (κ2) is 3.56. The van der Waals surface area contributed by atoms with Gasteiger partial charge in [0.15, 0.2) is 4.77 Å². The van der Waals surface area contributed by atoms with Crippen LogP contribution in [-0.4, -0.2) is 9.55 Å². The summed E-state index contributed by atoms with van der Waals surface area (Å²) in [6.45, 7) is 2.16. The molecule has 1 N–H and O–H groups in total. The van der Waals surface area contributed by atoms with Crippen LogP contribution >= 0.6 is 23.8 Å². The first-order chi connectivity index (χ1) is 8.01. The molecule has 1 aliphatic rings. The number of halogens is 2. The van der Waals surface area contributed by atoms with Gasteiger partial charge in [-0.15, -0.1) is 0 Å². The summed E-state index contributed by atoms with van der Waals surface area (Å²) in [6, 6.07) is 3.06. The Morgan fingerprint density at radius 2 is 2.18 bits per heavy atom. The number of aromatic nitrogens is 2. The van der Waals surface area contributed by atoms with E-state index in [0.717, 1.165) is 23.9 Å². The van der Waals surface area contributed by atoms with Crippen molar-refractivity contribution in [1.29, 1.82) is 0 Å². The number of aromatic amines is 1. The molecule has 0 unspecified atom stereocenters. The molecule has 90 valence electrons. The fraction of sp³-hybridized carbons (Fsp3) is 0.417. The van der Waals surface area contributed by atoms with Crippen molar-refractivity contribution >= 4 is 34.9 Å². The minimum Gasteiger partial charge on any atom is -0.331 e. The van der Waals surface area contributed by atoms with Crippen LogP contribution in [0.5, 0.6) is 0 Å². The first-order valence-electron chi connectivity index (χ1n) is 5.61. The van der Waals surface area contributed by atoms with Crippen LogP contribution in [0.2, 0.25) is 5.02 Å². The summed E-state index contributed by atoms with van der Waals surface area (Å²) in [7, 11) is 0. The lowest BCUT2D eigenvalue weighted by Crippen LogP contribution is -2.37. The molecule has 0 bridgehead atoms. The molecule has 2 nitrogen and oxygen atoms in total. The van der Waals surface area contributed by atoms with Crippen molar-refractivity contribution < 1.29 is 4.39 Å². The van der Waals surface area contributed by atoms with Crippen LogP contribution in [0.4, 0.5) is 4.39 Å². The zero-order valence-electron chi connectivity index (χ0n) is 9.39. The highest BCUT2D eigenvalue weighted by Gasteiger charge is 2.35. The van der Waals surface area contributed by atoms with Crippen LogP contribution in [0, 0.1) is 10.6 Å². The molecule has 2 aromatic rings. The summed E-state index contributed by atoms with van der Waals surface area (Å²) >= 11 is 11.1. The third-order valence-electron chi connectivity index (χ3n) is 3.69. The predicted octanol–water partition coefficient (Wildman–Crippen LogP) is 4.39. The molecular weight excluding hydrogens is 259 g/mol. The van der Waals surface area contributed by atoms with Crippen LogP contribution in [0.1, 0.15) is 26.2 Å². The molecule has 0 saturated heterocycles. The van der Waals surface area contributed by atoms with Crippen LogP contribution in [0.3, 0.4) is 0 Å².